The van der Waals surface area contributed by atoms with Crippen molar-refractivity contribution >= 4 is 38.2 Å². The maximum Gasteiger partial charge on any atom is 0.271 e. The second kappa shape index (κ2) is 7.78. The summed E-state index contributed by atoms with van der Waals surface area (Å²) in [4.78, 5) is 27.2. The van der Waals surface area contributed by atoms with Crippen molar-refractivity contribution in [3.05, 3.63) is 82.4 Å². The zero-order valence-electron chi connectivity index (χ0n) is 16.6. The van der Waals surface area contributed by atoms with Crippen molar-refractivity contribution < 1.29 is 23.3 Å². The van der Waals surface area contributed by atoms with Gasteiger partial charge in [-0.3, -0.25) is 14.9 Å². The van der Waals surface area contributed by atoms with E-state index in [4.69, 9.17) is 0 Å². The van der Waals surface area contributed by atoms with Crippen molar-refractivity contribution in [1.29, 1.82) is 0 Å². The summed E-state index contributed by atoms with van der Waals surface area (Å²) in [7, 11) is -3.35. The highest BCUT2D eigenvalue weighted by molar-refractivity contribution is 7.90. The van der Waals surface area contributed by atoms with Crippen LogP contribution in [0.5, 0.6) is 0 Å². The number of anilines is 1. The molecule has 10 nitrogen and oxygen atoms in total. The second-order valence-electron chi connectivity index (χ2n) is 7.01. The maximum absolute atomic E-state index is 12.4. The first-order chi connectivity index (χ1) is 15.1. The Labute approximate surface area is 181 Å². The monoisotopic (exact) mass is 452 g/mol. The smallest absolute Gasteiger partial charge is 0.271 e. The molecule has 1 amide bonds. The van der Waals surface area contributed by atoms with Crippen LogP contribution in [0.4, 0.5) is 11.4 Å². The Hall–Kier alpha value is -4.25. The van der Waals surface area contributed by atoms with Crippen LogP contribution in [0.15, 0.2) is 71.6 Å². The van der Waals surface area contributed by atoms with E-state index in [1.807, 2.05) is 0 Å². The lowest BCUT2D eigenvalue weighted by atomic mass is 10.1. The number of nitro benzene ring substituents is 1. The van der Waals surface area contributed by atoms with Gasteiger partial charge in [-0.25, -0.2) is 13.4 Å². The first kappa shape index (κ1) is 21.0. The minimum absolute atomic E-state index is 0.121. The van der Waals surface area contributed by atoms with Crippen molar-refractivity contribution in [3.63, 3.8) is 0 Å². The van der Waals surface area contributed by atoms with Crippen LogP contribution < -0.4 is 5.32 Å². The van der Waals surface area contributed by atoms with Gasteiger partial charge >= 0.3 is 0 Å². The highest BCUT2D eigenvalue weighted by Gasteiger charge is 2.16. The van der Waals surface area contributed by atoms with Crippen LogP contribution in [-0.4, -0.2) is 40.4 Å². The predicted molar refractivity (Wildman–Crippen MR) is 117 cm³/mol. The number of aromatic nitrogens is 2. The summed E-state index contributed by atoms with van der Waals surface area (Å²) < 4.78 is 23.8. The van der Waals surface area contributed by atoms with Gasteiger partial charge in [-0.15, -0.1) is 0 Å². The Bertz CT molecular complexity index is 1460. The highest BCUT2D eigenvalue weighted by atomic mass is 32.2. The van der Waals surface area contributed by atoms with Gasteiger partial charge < -0.3 is 10.5 Å². The molecule has 0 saturated carbocycles. The largest absolute Gasteiger partial charge is 0.426 e. The minimum Gasteiger partial charge on any atom is -0.426 e. The van der Waals surface area contributed by atoms with Crippen molar-refractivity contribution in [3.8, 4) is 11.4 Å². The lowest BCUT2D eigenvalue weighted by molar-refractivity contribution is -0.384. The number of hydrogen-bond donors (Lipinski definition) is 2. The van der Waals surface area contributed by atoms with Crippen LogP contribution in [0.3, 0.4) is 0 Å². The van der Waals surface area contributed by atoms with Gasteiger partial charge in [-0.2, -0.15) is 4.73 Å². The van der Waals surface area contributed by atoms with Gasteiger partial charge in [-0.05, 0) is 54.6 Å². The van der Waals surface area contributed by atoms with Crippen LogP contribution >= 0.6 is 0 Å². The molecule has 0 spiro atoms. The lowest BCUT2D eigenvalue weighted by Gasteiger charge is -2.07. The zero-order chi connectivity index (χ0) is 23.0. The fourth-order valence-corrected chi connectivity index (χ4v) is 3.74. The van der Waals surface area contributed by atoms with Gasteiger partial charge in [0.05, 0.1) is 15.3 Å². The molecule has 1 aromatic heterocycles. The van der Waals surface area contributed by atoms with E-state index in [1.165, 1.54) is 42.5 Å². The van der Waals surface area contributed by atoms with Gasteiger partial charge in [0, 0.05) is 35.2 Å². The second-order valence-corrected chi connectivity index (χ2v) is 9.02. The summed E-state index contributed by atoms with van der Waals surface area (Å²) in [5.41, 5.74) is 1.72. The Morgan fingerprint density at radius 2 is 1.72 bits per heavy atom. The number of imidazole rings is 1. The number of amides is 1. The molecular formula is C21H16N4O6S. The van der Waals surface area contributed by atoms with Gasteiger partial charge in [0.25, 0.3) is 11.6 Å². The van der Waals surface area contributed by atoms with Crippen LogP contribution in [0.1, 0.15) is 10.4 Å². The fraction of sp³-hybridized carbons (Fsp3) is 0.0476. The number of nitrogens with zero attached hydrogens (tertiary/aromatic N) is 3. The molecule has 3 aromatic carbocycles. The van der Waals surface area contributed by atoms with Crippen LogP contribution in [0, 0.1) is 10.1 Å². The predicted octanol–water partition coefficient (Wildman–Crippen LogP) is 3.50. The Kier molecular flexibility index (Phi) is 5.11. The number of non-ortho nitro benzene ring substituents is 1. The van der Waals surface area contributed by atoms with E-state index in [9.17, 15) is 28.5 Å². The standard InChI is InChI=1S/C21H16N4O6S/c1-32(30,31)17-9-4-14(5-10-17)21(26)22-15-6-2-13(3-7-15)20-23-18-11-8-16(25(28)29)12-19(18)24(20)27/h2-12,27H,1H3,(H,22,26). The van der Waals surface area contributed by atoms with Crippen LogP contribution in [0.25, 0.3) is 22.4 Å². The van der Waals surface area contributed by atoms with E-state index < -0.39 is 20.7 Å². The Balaban J connectivity index is 1.55. The molecule has 2 N–H and O–H groups in total. The first-order valence-corrected chi connectivity index (χ1v) is 11.1. The first-order valence-electron chi connectivity index (χ1n) is 9.21. The number of nitro groups is 1. The molecule has 0 radical (unpaired) electrons. The third-order valence-corrected chi connectivity index (χ3v) is 5.90. The third kappa shape index (κ3) is 4.01. The summed E-state index contributed by atoms with van der Waals surface area (Å²) in [6, 6.07) is 16.0. The molecule has 1 heterocycles. The molecule has 0 bridgehead atoms. The molecule has 0 aliphatic rings. The third-order valence-electron chi connectivity index (χ3n) is 4.77. The van der Waals surface area contributed by atoms with Gasteiger partial charge in [0.1, 0.15) is 5.52 Å². The molecular weight excluding hydrogens is 436 g/mol. The van der Waals surface area contributed by atoms with E-state index in [0.717, 1.165) is 11.0 Å². The van der Waals surface area contributed by atoms with Crippen molar-refractivity contribution in [1.82, 2.24) is 9.71 Å². The average molecular weight is 452 g/mol. The summed E-state index contributed by atoms with van der Waals surface area (Å²) in [5.74, 6) is -0.228. The van der Waals surface area contributed by atoms with Crippen LogP contribution in [-0.2, 0) is 9.84 Å². The molecule has 162 valence electrons. The number of fused-ring (bicyclic) bond motifs is 1. The number of hydrogen-bond acceptors (Lipinski definition) is 7. The quantitative estimate of drug-likeness (QED) is 0.268. The molecule has 0 atom stereocenters. The number of carbonyl (C=O) groups is 1. The molecule has 0 saturated heterocycles. The molecule has 4 aromatic rings. The van der Waals surface area contributed by atoms with E-state index in [2.05, 4.69) is 10.3 Å². The highest BCUT2D eigenvalue weighted by Crippen LogP contribution is 2.27. The van der Waals surface area contributed by atoms with Gasteiger partial charge in [-0.1, -0.05) is 0 Å². The van der Waals surface area contributed by atoms with Crippen molar-refractivity contribution in [2.75, 3.05) is 11.6 Å². The number of rotatable bonds is 5. The van der Waals surface area contributed by atoms with Gasteiger partial charge in [0.15, 0.2) is 15.7 Å². The van der Waals surface area contributed by atoms with Crippen molar-refractivity contribution in [2.45, 2.75) is 4.90 Å². The average Bonchev–Trinajstić information content (AvgIpc) is 3.09. The van der Waals surface area contributed by atoms with Crippen LogP contribution in [0.2, 0.25) is 0 Å². The molecule has 0 aliphatic heterocycles. The molecule has 0 unspecified atom stereocenters. The molecule has 11 heteroatoms. The summed E-state index contributed by atoms with van der Waals surface area (Å²) in [6.45, 7) is 0. The maximum atomic E-state index is 12.4. The fourth-order valence-electron chi connectivity index (χ4n) is 3.11. The lowest BCUT2D eigenvalue weighted by Crippen LogP contribution is -2.12. The normalized spacial score (nSPS) is 11.4. The Morgan fingerprint density at radius 1 is 1.06 bits per heavy atom. The number of nitrogens with one attached hydrogen (secondary N) is 1. The van der Waals surface area contributed by atoms with E-state index in [0.29, 0.717) is 22.3 Å². The minimum atomic E-state index is -3.35. The van der Waals surface area contributed by atoms with E-state index in [-0.39, 0.29) is 21.9 Å². The summed E-state index contributed by atoms with van der Waals surface area (Å²) >= 11 is 0. The molecule has 0 fully saturated rings. The zero-order valence-corrected chi connectivity index (χ0v) is 17.4. The molecule has 32 heavy (non-hydrogen) atoms. The number of carbonyl (C=O) groups excluding carboxylic acids is 1. The summed E-state index contributed by atoms with van der Waals surface area (Å²) in [5, 5.41) is 24.1. The topological polar surface area (TPSA) is 144 Å². The molecule has 0 aliphatic carbocycles. The summed E-state index contributed by atoms with van der Waals surface area (Å²) in [6.07, 6.45) is 1.09. The van der Waals surface area contributed by atoms with Gasteiger partial charge in [0.2, 0.25) is 0 Å². The number of benzene rings is 3. The Morgan fingerprint density at radius 3 is 2.31 bits per heavy atom. The van der Waals surface area contributed by atoms with Crippen molar-refractivity contribution in [2.24, 2.45) is 0 Å². The molecule has 4 rings (SSSR count). The van der Waals surface area contributed by atoms with E-state index >= 15 is 0 Å². The SMILES string of the molecule is CS(=O)(=O)c1ccc(C(=O)Nc2ccc(-c3nc4ccc([N+](=O)[O-])cc4n3O)cc2)cc1. The number of sulfone groups is 1. The van der Waals surface area contributed by atoms with E-state index in [1.54, 1.807) is 24.3 Å².